The number of nitrogens with zero attached hydrogens (tertiary/aromatic N) is 3. The van der Waals surface area contributed by atoms with Gasteiger partial charge in [-0.05, 0) is 50.5 Å². The zero-order chi connectivity index (χ0) is 14.8. The maximum atomic E-state index is 4.56. The Bertz CT molecular complexity index is 651. The number of aryl methyl sites for hydroxylation is 2. The molecule has 5 heteroatoms. The molecule has 2 aromatic rings. The molecule has 0 spiro atoms. The third-order valence-corrected chi connectivity index (χ3v) is 4.57. The Morgan fingerprint density at radius 2 is 1.86 bits per heavy atom. The van der Waals surface area contributed by atoms with Crippen molar-refractivity contribution in [2.45, 2.75) is 26.7 Å². The van der Waals surface area contributed by atoms with Crippen LogP contribution in [-0.4, -0.2) is 23.1 Å². The van der Waals surface area contributed by atoms with Crippen molar-refractivity contribution in [3.8, 4) is 0 Å². The van der Waals surface area contributed by atoms with Crippen molar-refractivity contribution in [3.63, 3.8) is 0 Å². The summed E-state index contributed by atoms with van der Waals surface area (Å²) in [5, 5.41) is 3.38. The number of aromatic nitrogens is 2. The standard InChI is InChI=1S/C16H19BrN4/c1-11-9-13(5-6-14(11)17)20-15-10-16(19-12(2)18-15)21-7-3-4-8-21/h5-6,9-10H,3-4,7-8H2,1-2H3,(H,18,19,20). The van der Waals surface area contributed by atoms with E-state index in [-0.39, 0.29) is 0 Å². The molecule has 0 bridgehead atoms. The first-order valence-electron chi connectivity index (χ1n) is 7.25. The van der Waals surface area contributed by atoms with Crippen LogP contribution in [0, 0.1) is 13.8 Å². The third kappa shape index (κ3) is 3.35. The average Bonchev–Trinajstić information content (AvgIpc) is 2.96. The van der Waals surface area contributed by atoms with Crippen LogP contribution in [-0.2, 0) is 0 Å². The number of nitrogens with one attached hydrogen (secondary N) is 1. The zero-order valence-electron chi connectivity index (χ0n) is 12.4. The number of rotatable bonds is 3. The van der Waals surface area contributed by atoms with E-state index in [4.69, 9.17) is 0 Å². The minimum Gasteiger partial charge on any atom is -0.356 e. The maximum Gasteiger partial charge on any atom is 0.136 e. The molecule has 0 amide bonds. The van der Waals surface area contributed by atoms with Gasteiger partial charge in [0.15, 0.2) is 0 Å². The first-order valence-corrected chi connectivity index (χ1v) is 8.05. The van der Waals surface area contributed by atoms with E-state index in [2.05, 4.69) is 49.1 Å². The molecule has 1 saturated heterocycles. The summed E-state index contributed by atoms with van der Waals surface area (Å²) < 4.78 is 1.12. The van der Waals surface area contributed by atoms with E-state index < -0.39 is 0 Å². The molecule has 1 aliphatic heterocycles. The fraction of sp³-hybridized carbons (Fsp3) is 0.375. The van der Waals surface area contributed by atoms with Crippen LogP contribution in [0.1, 0.15) is 24.2 Å². The lowest BCUT2D eigenvalue weighted by molar-refractivity contribution is 0.912. The Kier molecular flexibility index (Phi) is 4.10. The van der Waals surface area contributed by atoms with E-state index in [1.807, 2.05) is 25.1 Å². The van der Waals surface area contributed by atoms with Crippen molar-refractivity contribution in [1.29, 1.82) is 0 Å². The van der Waals surface area contributed by atoms with Gasteiger partial charge in [0.05, 0.1) is 0 Å². The first-order chi connectivity index (χ1) is 10.1. The molecule has 0 atom stereocenters. The smallest absolute Gasteiger partial charge is 0.136 e. The fourth-order valence-corrected chi connectivity index (χ4v) is 2.84. The molecule has 1 fully saturated rings. The number of anilines is 3. The molecule has 2 heterocycles. The van der Waals surface area contributed by atoms with Crippen molar-refractivity contribution in [1.82, 2.24) is 9.97 Å². The average molecular weight is 347 g/mol. The van der Waals surface area contributed by atoms with Crippen LogP contribution in [0.2, 0.25) is 0 Å². The van der Waals surface area contributed by atoms with Crippen LogP contribution >= 0.6 is 15.9 Å². The lowest BCUT2D eigenvalue weighted by atomic mass is 10.2. The van der Waals surface area contributed by atoms with E-state index >= 15 is 0 Å². The fourth-order valence-electron chi connectivity index (χ4n) is 2.59. The molecule has 110 valence electrons. The SMILES string of the molecule is Cc1nc(Nc2ccc(Br)c(C)c2)cc(N2CCCC2)n1. The van der Waals surface area contributed by atoms with Crippen molar-refractivity contribution >= 4 is 33.3 Å². The van der Waals surface area contributed by atoms with Crippen molar-refractivity contribution < 1.29 is 0 Å². The van der Waals surface area contributed by atoms with Crippen molar-refractivity contribution in [2.75, 3.05) is 23.3 Å². The van der Waals surface area contributed by atoms with Gasteiger partial charge in [-0.1, -0.05) is 15.9 Å². The van der Waals surface area contributed by atoms with Crippen LogP contribution in [0.4, 0.5) is 17.3 Å². The van der Waals surface area contributed by atoms with Gasteiger partial charge in [-0.3, -0.25) is 0 Å². The highest BCUT2D eigenvalue weighted by Gasteiger charge is 2.15. The Morgan fingerprint density at radius 1 is 1.10 bits per heavy atom. The molecular weight excluding hydrogens is 328 g/mol. The quantitative estimate of drug-likeness (QED) is 0.904. The second kappa shape index (κ2) is 6.02. The van der Waals surface area contributed by atoms with Gasteiger partial charge >= 0.3 is 0 Å². The molecule has 3 rings (SSSR count). The minimum absolute atomic E-state index is 0.802. The maximum absolute atomic E-state index is 4.56. The summed E-state index contributed by atoms with van der Waals surface area (Å²) >= 11 is 3.52. The Balaban J connectivity index is 1.85. The van der Waals surface area contributed by atoms with Gasteiger partial charge in [0.1, 0.15) is 17.5 Å². The van der Waals surface area contributed by atoms with Crippen LogP contribution in [0.3, 0.4) is 0 Å². The van der Waals surface area contributed by atoms with Gasteiger partial charge in [-0.2, -0.15) is 0 Å². The zero-order valence-corrected chi connectivity index (χ0v) is 13.9. The second-order valence-electron chi connectivity index (χ2n) is 5.44. The molecule has 0 saturated carbocycles. The van der Waals surface area contributed by atoms with E-state index in [0.717, 1.165) is 40.7 Å². The van der Waals surface area contributed by atoms with E-state index in [1.54, 1.807) is 0 Å². The molecule has 0 unspecified atom stereocenters. The van der Waals surface area contributed by atoms with Crippen molar-refractivity contribution in [2.24, 2.45) is 0 Å². The molecule has 0 aliphatic carbocycles. The third-order valence-electron chi connectivity index (χ3n) is 3.68. The van der Waals surface area contributed by atoms with E-state index in [0.29, 0.717) is 0 Å². The molecular formula is C16H19BrN4. The lowest BCUT2D eigenvalue weighted by Crippen LogP contribution is -2.19. The van der Waals surface area contributed by atoms with Gasteiger partial charge in [0.25, 0.3) is 0 Å². The summed E-state index contributed by atoms with van der Waals surface area (Å²) in [4.78, 5) is 11.4. The highest BCUT2D eigenvalue weighted by molar-refractivity contribution is 9.10. The summed E-state index contributed by atoms with van der Waals surface area (Å²) in [5.41, 5.74) is 2.24. The largest absolute Gasteiger partial charge is 0.356 e. The van der Waals surface area contributed by atoms with Gasteiger partial charge in [0.2, 0.25) is 0 Å². The molecule has 1 N–H and O–H groups in total. The van der Waals surface area contributed by atoms with Crippen LogP contribution in [0.25, 0.3) is 0 Å². The molecule has 4 nitrogen and oxygen atoms in total. The summed E-state index contributed by atoms with van der Waals surface area (Å²) in [6, 6.07) is 8.24. The summed E-state index contributed by atoms with van der Waals surface area (Å²) in [6.45, 7) is 6.20. The highest BCUT2D eigenvalue weighted by atomic mass is 79.9. The molecule has 1 aliphatic rings. The normalized spacial score (nSPS) is 14.5. The summed E-state index contributed by atoms with van der Waals surface area (Å²) in [5.74, 6) is 2.68. The summed E-state index contributed by atoms with van der Waals surface area (Å²) in [7, 11) is 0. The minimum atomic E-state index is 0.802. The number of hydrogen-bond acceptors (Lipinski definition) is 4. The van der Waals surface area contributed by atoms with Crippen LogP contribution < -0.4 is 10.2 Å². The predicted molar refractivity (Wildman–Crippen MR) is 90.4 cm³/mol. The predicted octanol–water partition coefficient (Wildman–Crippen LogP) is 4.20. The van der Waals surface area contributed by atoms with E-state index in [1.165, 1.54) is 18.4 Å². The second-order valence-corrected chi connectivity index (χ2v) is 6.30. The van der Waals surface area contributed by atoms with Gasteiger partial charge in [0, 0.05) is 29.3 Å². The lowest BCUT2D eigenvalue weighted by Gasteiger charge is -2.18. The van der Waals surface area contributed by atoms with Crippen LogP contribution in [0.5, 0.6) is 0 Å². The Hall–Kier alpha value is -1.62. The molecule has 21 heavy (non-hydrogen) atoms. The Labute approximate surface area is 133 Å². The first kappa shape index (κ1) is 14.3. The topological polar surface area (TPSA) is 41.1 Å². The monoisotopic (exact) mass is 346 g/mol. The summed E-state index contributed by atoms with van der Waals surface area (Å²) in [6.07, 6.45) is 2.50. The Morgan fingerprint density at radius 3 is 2.57 bits per heavy atom. The van der Waals surface area contributed by atoms with Crippen molar-refractivity contribution in [3.05, 3.63) is 40.1 Å². The molecule has 1 aromatic heterocycles. The highest BCUT2D eigenvalue weighted by Crippen LogP contribution is 2.25. The molecule has 0 radical (unpaired) electrons. The van der Waals surface area contributed by atoms with E-state index in [9.17, 15) is 0 Å². The van der Waals surface area contributed by atoms with Gasteiger partial charge in [-0.25, -0.2) is 9.97 Å². The van der Waals surface area contributed by atoms with Gasteiger partial charge in [-0.15, -0.1) is 0 Å². The number of hydrogen-bond donors (Lipinski definition) is 1. The number of halogens is 1. The van der Waals surface area contributed by atoms with Crippen LogP contribution in [0.15, 0.2) is 28.7 Å². The number of benzene rings is 1. The van der Waals surface area contributed by atoms with Gasteiger partial charge < -0.3 is 10.2 Å². The molecule has 1 aromatic carbocycles.